The van der Waals surface area contributed by atoms with Gasteiger partial charge in [-0.15, -0.1) is 0 Å². The molecule has 0 aliphatic rings. The van der Waals surface area contributed by atoms with Gasteiger partial charge in [0.25, 0.3) is 0 Å². The van der Waals surface area contributed by atoms with Crippen LogP contribution in [-0.4, -0.2) is 12.4 Å². The summed E-state index contributed by atoms with van der Waals surface area (Å²) in [5, 5.41) is 0. The maximum absolute atomic E-state index is 4.62. The number of hydrogen-bond donors (Lipinski definition) is 0. The van der Waals surface area contributed by atoms with E-state index in [-0.39, 0.29) is 0 Å². The minimum Gasteiger partial charge on any atom is -0.256 e. The summed E-state index contributed by atoms with van der Waals surface area (Å²) in [6.45, 7) is 8.83. The highest BCUT2D eigenvalue weighted by Crippen LogP contribution is 2.38. The van der Waals surface area contributed by atoms with Crippen LogP contribution in [0.2, 0.25) is 0 Å². The Hall–Kier alpha value is -3.08. The first-order valence-electron chi connectivity index (χ1n) is 12.3. The molecule has 0 aliphatic heterocycles. The van der Waals surface area contributed by atoms with Crippen LogP contribution in [0, 0.1) is 0 Å². The zero-order valence-corrected chi connectivity index (χ0v) is 22.9. The lowest BCUT2D eigenvalue weighted by Gasteiger charge is -2.05. The molecule has 36 heavy (non-hydrogen) atoms. The summed E-state index contributed by atoms with van der Waals surface area (Å²) in [7, 11) is 3.49. The van der Waals surface area contributed by atoms with E-state index in [1.807, 2.05) is 12.4 Å². The first kappa shape index (κ1) is 26.0. The molecule has 0 aromatic heterocycles. The number of nitrogens with zero attached hydrogens (tertiary/aromatic N) is 2. The second-order valence-corrected chi connectivity index (χ2v) is 11.6. The van der Waals surface area contributed by atoms with Gasteiger partial charge in [0.1, 0.15) is 0 Å². The molecule has 182 valence electrons. The number of aliphatic imine (C=N–C) groups is 2. The van der Waals surface area contributed by atoms with E-state index in [0.717, 1.165) is 22.5 Å². The maximum Gasteiger partial charge on any atom is 0.0630 e. The van der Waals surface area contributed by atoms with Crippen molar-refractivity contribution < 1.29 is 0 Å². The van der Waals surface area contributed by atoms with E-state index in [4.69, 9.17) is 0 Å². The molecule has 4 rings (SSSR count). The van der Waals surface area contributed by atoms with Crippen molar-refractivity contribution >= 4 is 45.4 Å². The Morgan fingerprint density at radius 1 is 0.472 bits per heavy atom. The summed E-state index contributed by atoms with van der Waals surface area (Å²) in [6, 6.07) is 33.9. The van der Waals surface area contributed by atoms with E-state index >= 15 is 0 Å². The molecule has 0 amide bonds. The Bertz CT molecular complexity index is 1180. The third kappa shape index (κ3) is 7.71. The normalized spacial score (nSPS) is 11.8. The van der Waals surface area contributed by atoms with Crippen LogP contribution in [0.4, 0.5) is 11.4 Å². The van der Waals surface area contributed by atoms with Gasteiger partial charge in [-0.25, -0.2) is 0 Å². The van der Waals surface area contributed by atoms with Gasteiger partial charge in [0, 0.05) is 22.2 Å². The summed E-state index contributed by atoms with van der Waals surface area (Å²) < 4.78 is 0. The highest BCUT2D eigenvalue weighted by Gasteiger charge is 2.01. The second kappa shape index (κ2) is 12.8. The molecule has 0 fully saturated rings. The van der Waals surface area contributed by atoms with Crippen LogP contribution in [0.25, 0.3) is 0 Å². The molecule has 0 aliphatic carbocycles. The van der Waals surface area contributed by atoms with E-state index in [1.165, 1.54) is 20.9 Å². The van der Waals surface area contributed by atoms with Gasteiger partial charge in [0.2, 0.25) is 0 Å². The minimum absolute atomic E-state index is 0.545. The fourth-order valence-corrected chi connectivity index (χ4v) is 5.43. The zero-order chi connectivity index (χ0) is 25.3. The highest BCUT2D eigenvalue weighted by atomic mass is 33.1. The summed E-state index contributed by atoms with van der Waals surface area (Å²) in [5.74, 6) is 1.09. The summed E-state index contributed by atoms with van der Waals surface area (Å²) in [6.07, 6.45) is 3.84. The van der Waals surface area contributed by atoms with E-state index in [9.17, 15) is 0 Å². The van der Waals surface area contributed by atoms with Crippen LogP contribution in [-0.2, 0) is 0 Å². The van der Waals surface area contributed by atoms with Gasteiger partial charge < -0.3 is 0 Å². The predicted molar refractivity (Wildman–Crippen MR) is 160 cm³/mol. The predicted octanol–water partition coefficient (Wildman–Crippen LogP) is 10.2. The van der Waals surface area contributed by atoms with Crippen LogP contribution in [0.3, 0.4) is 0 Å². The Labute approximate surface area is 223 Å². The number of benzene rings is 4. The first-order chi connectivity index (χ1) is 17.5. The van der Waals surface area contributed by atoms with E-state index in [0.29, 0.717) is 11.8 Å². The molecule has 0 spiro atoms. The lowest BCUT2D eigenvalue weighted by atomic mass is 10.0. The molecule has 0 bridgehead atoms. The van der Waals surface area contributed by atoms with Gasteiger partial charge in [-0.05, 0) is 82.6 Å². The fraction of sp³-hybridized carbons (Fsp3) is 0.188. The SMILES string of the molecule is CC(C)c1ccc(C=Nc2ccc(SSc3ccc(N=Cc4ccc(C(C)C)cc4)cc3)cc2)cc1. The molecule has 0 saturated heterocycles. The Kier molecular flexibility index (Phi) is 9.21. The van der Waals surface area contributed by atoms with Crippen molar-refractivity contribution in [3.63, 3.8) is 0 Å². The monoisotopic (exact) mass is 508 g/mol. The average Bonchev–Trinajstić information content (AvgIpc) is 2.91. The zero-order valence-electron chi connectivity index (χ0n) is 21.3. The van der Waals surface area contributed by atoms with Crippen molar-refractivity contribution in [1.82, 2.24) is 0 Å². The third-order valence-electron chi connectivity index (χ3n) is 5.84. The number of hydrogen-bond acceptors (Lipinski definition) is 4. The number of rotatable bonds is 9. The molecule has 0 unspecified atom stereocenters. The molecule has 0 N–H and O–H groups in total. The van der Waals surface area contributed by atoms with E-state index in [2.05, 4.69) is 135 Å². The van der Waals surface area contributed by atoms with Crippen molar-refractivity contribution in [2.75, 3.05) is 0 Å². The van der Waals surface area contributed by atoms with Crippen molar-refractivity contribution in [2.24, 2.45) is 9.98 Å². The quantitative estimate of drug-likeness (QED) is 0.166. The Morgan fingerprint density at radius 3 is 1.11 bits per heavy atom. The van der Waals surface area contributed by atoms with Crippen LogP contribution in [0.1, 0.15) is 61.8 Å². The molecule has 0 atom stereocenters. The average molecular weight is 509 g/mol. The van der Waals surface area contributed by atoms with Gasteiger partial charge in [-0.1, -0.05) is 97.8 Å². The molecule has 0 saturated carbocycles. The van der Waals surface area contributed by atoms with Gasteiger partial charge in [0.05, 0.1) is 11.4 Å². The van der Waals surface area contributed by atoms with Gasteiger partial charge in [-0.3, -0.25) is 9.98 Å². The van der Waals surface area contributed by atoms with Gasteiger partial charge >= 0.3 is 0 Å². The lowest BCUT2D eigenvalue weighted by Crippen LogP contribution is -1.88. The molecule has 4 aromatic rings. The van der Waals surface area contributed by atoms with Crippen molar-refractivity contribution in [2.45, 2.75) is 49.3 Å². The first-order valence-corrected chi connectivity index (χ1v) is 14.4. The van der Waals surface area contributed by atoms with E-state index in [1.54, 1.807) is 21.6 Å². The molecule has 4 heteroatoms. The Morgan fingerprint density at radius 2 is 0.806 bits per heavy atom. The molecular weight excluding hydrogens is 477 g/mol. The van der Waals surface area contributed by atoms with Crippen LogP contribution in [0.15, 0.2) is 117 Å². The smallest absolute Gasteiger partial charge is 0.0630 e. The molecule has 4 aromatic carbocycles. The molecular formula is C32H32N2S2. The van der Waals surface area contributed by atoms with Crippen molar-refractivity contribution in [3.8, 4) is 0 Å². The van der Waals surface area contributed by atoms with Crippen LogP contribution < -0.4 is 0 Å². The topological polar surface area (TPSA) is 24.7 Å². The third-order valence-corrected chi connectivity index (χ3v) is 8.26. The molecule has 2 nitrogen and oxygen atoms in total. The standard InChI is InChI=1S/C32H32N2S2/c1-23(2)27-9-5-25(6-10-27)21-33-29-13-17-31(18-14-29)35-36-32-19-15-30(16-20-32)34-22-26-7-11-28(12-8-26)24(3)4/h5-24H,1-4H3. The van der Waals surface area contributed by atoms with Gasteiger partial charge in [-0.2, -0.15) is 0 Å². The Balaban J connectivity index is 1.27. The fourth-order valence-electron chi connectivity index (χ4n) is 3.50. The highest BCUT2D eigenvalue weighted by molar-refractivity contribution is 8.76. The largest absolute Gasteiger partial charge is 0.256 e. The summed E-state index contributed by atoms with van der Waals surface area (Å²) in [4.78, 5) is 11.6. The second-order valence-electron chi connectivity index (χ2n) is 9.31. The maximum atomic E-state index is 4.62. The summed E-state index contributed by atoms with van der Waals surface area (Å²) in [5.41, 5.74) is 6.84. The van der Waals surface area contributed by atoms with Crippen LogP contribution >= 0.6 is 21.6 Å². The lowest BCUT2D eigenvalue weighted by molar-refractivity contribution is 0.866. The van der Waals surface area contributed by atoms with Gasteiger partial charge in [0.15, 0.2) is 0 Å². The van der Waals surface area contributed by atoms with Crippen LogP contribution in [0.5, 0.6) is 0 Å². The molecule has 0 heterocycles. The van der Waals surface area contributed by atoms with E-state index < -0.39 is 0 Å². The van der Waals surface area contributed by atoms with Crippen molar-refractivity contribution in [1.29, 1.82) is 0 Å². The summed E-state index contributed by atoms with van der Waals surface area (Å²) >= 11 is 0. The minimum atomic E-state index is 0.545. The molecule has 0 radical (unpaired) electrons. The van der Waals surface area contributed by atoms with Crippen molar-refractivity contribution in [3.05, 3.63) is 119 Å².